The van der Waals surface area contributed by atoms with Crippen LogP contribution in [0.4, 0.5) is 0 Å². The molecule has 0 bridgehead atoms. The van der Waals surface area contributed by atoms with Gasteiger partial charge in [-0.25, -0.2) is 0 Å². The van der Waals surface area contributed by atoms with Crippen LogP contribution in [-0.2, 0) is 0 Å². The molecule has 0 spiro atoms. The fourth-order valence-corrected chi connectivity index (χ4v) is 5.80. The maximum atomic E-state index is 4.07. The predicted octanol–water partition coefficient (Wildman–Crippen LogP) is 1.94. The lowest BCUT2D eigenvalue weighted by atomic mass is 9.71. The monoisotopic (exact) mass is 263 g/mol. The Bertz CT molecular complexity index is 345. The number of rotatable bonds is 0. The molecular weight excluding hydrogens is 234 g/mol. The van der Waals surface area contributed by atoms with Gasteiger partial charge in [0.1, 0.15) is 0 Å². The fraction of sp³-hybridized carbons (Fsp3) is 1.00. The van der Waals surface area contributed by atoms with Gasteiger partial charge in [0.05, 0.1) is 6.17 Å². The van der Waals surface area contributed by atoms with Crippen molar-refractivity contribution in [1.82, 2.24) is 15.5 Å². The van der Waals surface area contributed by atoms with E-state index in [0.717, 1.165) is 36.0 Å². The lowest BCUT2D eigenvalue weighted by Gasteiger charge is -2.53. The first-order valence-electron chi connectivity index (χ1n) is 8.52. The molecule has 1 aliphatic carbocycles. The van der Waals surface area contributed by atoms with Gasteiger partial charge in [-0.3, -0.25) is 4.90 Å². The van der Waals surface area contributed by atoms with Crippen molar-refractivity contribution in [3.05, 3.63) is 0 Å². The molecule has 108 valence electrons. The summed E-state index contributed by atoms with van der Waals surface area (Å²) < 4.78 is 0. The summed E-state index contributed by atoms with van der Waals surface area (Å²) in [6, 6.07) is 3.18. The smallest absolute Gasteiger partial charge is 0.0573 e. The van der Waals surface area contributed by atoms with Crippen molar-refractivity contribution < 1.29 is 0 Å². The molecule has 3 heteroatoms. The van der Waals surface area contributed by atoms with E-state index >= 15 is 0 Å². The summed E-state index contributed by atoms with van der Waals surface area (Å²) in [4.78, 5) is 2.77. The number of hydrogen-bond acceptors (Lipinski definition) is 3. The van der Waals surface area contributed by atoms with Gasteiger partial charge in [-0.2, -0.15) is 0 Å². The molecule has 19 heavy (non-hydrogen) atoms. The van der Waals surface area contributed by atoms with E-state index in [9.17, 15) is 0 Å². The number of piperidine rings is 1. The van der Waals surface area contributed by atoms with Crippen LogP contribution in [-0.4, -0.2) is 41.8 Å². The molecule has 4 rings (SSSR count). The Morgan fingerprint density at radius 2 is 1.84 bits per heavy atom. The topological polar surface area (TPSA) is 27.3 Å². The van der Waals surface area contributed by atoms with Gasteiger partial charge in [-0.15, -0.1) is 0 Å². The molecule has 0 aromatic rings. The summed E-state index contributed by atoms with van der Waals surface area (Å²) >= 11 is 0. The minimum atomic E-state index is 0.569. The van der Waals surface area contributed by atoms with E-state index in [4.69, 9.17) is 0 Å². The highest BCUT2D eigenvalue weighted by molar-refractivity contribution is 5.09. The molecule has 3 saturated heterocycles. The normalized spacial score (nSPS) is 54.3. The van der Waals surface area contributed by atoms with Gasteiger partial charge in [-0.05, 0) is 57.9 Å². The van der Waals surface area contributed by atoms with Crippen LogP contribution in [0.3, 0.4) is 0 Å². The van der Waals surface area contributed by atoms with Crippen LogP contribution in [0.1, 0.15) is 52.4 Å². The maximum absolute atomic E-state index is 4.07. The molecule has 1 saturated carbocycles. The van der Waals surface area contributed by atoms with Crippen LogP contribution in [0.15, 0.2) is 0 Å². The van der Waals surface area contributed by atoms with Crippen molar-refractivity contribution in [2.75, 3.05) is 6.54 Å². The second kappa shape index (κ2) is 4.71. The van der Waals surface area contributed by atoms with Gasteiger partial charge < -0.3 is 10.6 Å². The molecule has 7 unspecified atom stereocenters. The molecule has 3 aliphatic heterocycles. The van der Waals surface area contributed by atoms with Gasteiger partial charge >= 0.3 is 0 Å². The van der Waals surface area contributed by atoms with Crippen LogP contribution in [0.2, 0.25) is 0 Å². The lowest BCUT2D eigenvalue weighted by Crippen LogP contribution is -2.67. The Kier molecular flexibility index (Phi) is 3.13. The Labute approximate surface area is 117 Å². The number of fused-ring (bicyclic) bond motifs is 5. The quantitative estimate of drug-likeness (QED) is 0.699. The highest BCUT2D eigenvalue weighted by Gasteiger charge is 2.52. The van der Waals surface area contributed by atoms with Crippen molar-refractivity contribution in [1.29, 1.82) is 0 Å². The highest BCUT2D eigenvalue weighted by Crippen LogP contribution is 2.46. The van der Waals surface area contributed by atoms with Crippen LogP contribution in [0.5, 0.6) is 0 Å². The third-order valence-electron chi connectivity index (χ3n) is 6.48. The summed E-state index contributed by atoms with van der Waals surface area (Å²) in [7, 11) is 0. The summed E-state index contributed by atoms with van der Waals surface area (Å²) in [6.07, 6.45) is 9.18. The first kappa shape index (κ1) is 12.6. The maximum Gasteiger partial charge on any atom is 0.0573 e. The van der Waals surface area contributed by atoms with Crippen LogP contribution in [0, 0.1) is 11.8 Å². The van der Waals surface area contributed by atoms with E-state index in [1.54, 1.807) is 0 Å². The standard InChI is InChI=1S/C16H29N3/c1-10-9-13-12-5-3-4-6-14(12)18-16(13)15-7-8-17-11(2)19(10)15/h10-18H,3-9H2,1-2H3. The van der Waals surface area contributed by atoms with E-state index < -0.39 is 0 Å². The minimum absolute atomic E-state index is 0.569. The molecule has 0 amide bonds. The Hall–Kier alpha value is -0.120. The zero-order valence-corrected chi connectivity index (χ0v) is 12.4. The molecule has 4 aliphatic rings. The molecule has 7 atom stereocenters. The summed E-state index contributed by atoms with van der Waals surface area (Å²) in [5, 5.41) is 7.72. The molecule has 4 fully saturated rings. The largest absolute Gasteiger partial charge is 0.309 e. The lowest BCUT2D eigenvalue weighted by molar-refractivity contribution is -0.0290. The third-order valence-corrected chi connectivity index (χ3v) is 6.48. The van der Waals surface area contributed by atoms with Crippen molar-refractivity contribution >= 4 is 0 Å². The fourth-order valence-electron chi connectivity index (χ4n) is 5.80. The second-order valence-corrected chi connectivity index (χ2v) is 7.43. The van der Waals surface area contributed by atoms with E-state index in [1.165, 1.54) is 45.1 Å². The van der Waals surface area contributed by atoms with E-state index in [-0.39, 0.29) is 0 Å². The van der Waals surface area contributed by atoms with E-state index in [1.807, 2.05) is 0 Å². The predicted molar refractivity (Wildman–Crippen MR) is 77.9 cm³/mol. The van der Waals surface area contributed by atoms with Crippen LogP contribution >= 0.6 is 0 Å². The number of nitrogens with one attached hydrogen (secondary N) is 2. The zero-order valence-electron chi connectivity index (χ0n) is 12.4. The number of hydrogen-bond donors (Lipinski definition) is 2. The zero-order chi connectivity index (χ0) is 13.0. The van der Waals surface area contributed by atoms with Crippen LogP contribution in [0.25, 0.3) is 0 Å². The van der Waals surface area contributed by atoms with Gasteiger partial charge in [0.2, 0.25) is 0 Å². The summed E-state index contributed by atoms with van der Waals surface area (Å²) in [5.74, 6) is 1.96. The minimum Gasteiger partial charge on any atom is -0.309 e. The molecule has 0 aromatic carbocycles. The molecule has 3 nitrogen and oxygen atoms in total. The summed E-state index contributed by atoms with van der Waals surface area (Å²) in [5.41, 5.74) is 0. The first-order chi connectivity index (χ1) is 9.25. The van der Waals surface area contributed by atoms with Gasteiger partial charge in [0.25, 0.3) is 0 Å². The Morgan fingerprint density at radius 3 is 2.74 bits per heavy atom. The molecule has 0 radical (unpaired) electrons. The van der Waals surface area contributed by atoms with E-state index in [0.29, 0.717) is 6.17 Å². The average Bonchev–Trinajstić information content (AvgIpc) is 2.78. The van der Waals surface area contributed by atoms with Gasteiger partial charge in [-0.1, -0.05) is 12.8 Å². The molecule has 2 N–H and O–H groups in total. The molecule has 3 heterocycles. The SMILES string of the molecule is CC1CC2C3CCCCC3NC2C2CCNC(C)N12. The van der Waals surface area contributed by atoms with Crippen molar-refractivity contribution in [2.24, 2.45) is 11.8 Å². The van der Waals surface area contributed by atoms with Crippen molar-refractivity contribution in [3.8, 4) is 0 Å². The van der Waals surface area contributed by atoms with Crippen molar-refractivity contribution in [3.63, 3.8) is 0 Å². The van der Waals surface area contributed by atoms with Crippen molar-refractivity contribution in [2.45, 2.75) is 82.7 Å². The average molecular weight is 263 g/mol. The number of nitrogens with zero attached hydrogens (tertiary/aromatic N) is 1. The van der Waals surface area contributed by atoms with Gasteiger partial charge in [0, 0.05) is 24.2 Å². The molecular formula is C16H29N3. The second-order valence-electron chi connectivity index (χ2n) is 7.43. The first-order valence-corrected chi connectivity index (χ1v) is 8.52. The van der Waals surface area contributed by atoms with Gasteiger partial charge in [0.15, 0.2) is 0 Å². The highest BCUT2D eigenvalue weighted by atomic mass is 15.4. The Balaban J connectivity index is 1.60. The Morgan fingerprint density at radius 1 is 1.00 bits per heavy atom. The summed E-state index contributed by atoms with van der Waals surface area (Å²) in [6.45, 7) is 6.02. The molecule has 0 aromatic heterocycles. The van der Waals surface area contributed by atoms with E-state index in [2.05, 4.69) is 29.4 Å². The van der Waals surface area contributed by atoms with Crippen LogP contribution < -0.4 is 10.6 Å². The third kappa shape index (κ3) is 1.89.